The van der Waals surface area contributed by atoms with Gasteiger partial charge in [0.2, 0.25) is 32.6 Å². The zero-order valence-electron chi connectivity index (χ0n) is 42.5. The normalized spacial score (nSPS) is 13.0. The van der Waals surface area contributed by atoms with Crippen LogP contribution in [0.2, 0.25) is 20.1 Å². The summed E-state index contributed by atoms with van der Waals surface area (Å²) in [7, 11) is 5.58. The van der Waals surface area contributed by atoms with Gasteiger partial charge in [-0.05, 0) is 49.7 Å². The summed E-state index contributed by atoms with van der Waals surface area (Å²) in [6, 6.07) is 6.68. The van der Waals surface area contributed by atoms with Gasteiger partial charge in [-0.15, -0.1) is 10.2 Å². The van der Waals surface area contributed by atoms with Crippen LogP contribution < -0.4 is 40.6 Å². The highest BCUT2D eigenvalue weighted by atomic mass is 35.5. The first-order chi connectivity index (χ1) is 37.1. The van der Waals surface area contributed by atoms with Crippen LogP contribution in [0.15, 0.2) is 54.2 Å². The van der Waals surface area contributed by atoms with Crippen molar-refractivity contribution in [1.29, 1.82) is 0 Å². The Bertz CT molecular complexity index is 3690. The summed E-state index contributed by atoms with van der Waals surface area (Å²) in [6.07, 6.45) is 11.2. The van der Waals surface area contributed by atoms with Crippen LogP contribution in [-0.2, 0) is 23.9 Å². The van der Waals surface area contributed by atoms with Gasteiger partial charge in [0.25, 0.3) is 0 Å². The van der Waals surface area contributed by atoms with E-state index in [1.54, 1.807) is 44.6 Å². The van der Waals surface area contributed by atoms with Gasteiger partial charge in [0.05, 0.1) is 69.8 Å². The molecule has 2 aliphatic rings. The number of ether oxygens (including phenoxy) is 4. The Balaban J connectivity index is 0.000000177. The van der Waals surface area contributed by atoms with Gasteiger partial charge in [0.15, 0.2) is 11.6 Å². The minimum atomic E-state index is -3.58. The van der Waals surface area contributed by atoms with Gasteiger partial charge in [-0.3, -0.25) is 29.6 Å². The van der Waals surface area contributed by atoms with E-state index < -0.39 is 19.7 Å². The number of aryl methyl sites for hydroxylation is 2. The van der Waals surface area contributed by atoms with Crippen LogP contribution in [-0.4, -0.2) is 116 Å². The number of fused-ring (bicyclic) bond motifs is 2. The highest BCUT2D eigenvalue weighted by Crippen LogP contribution is 2.48. The van der Waals surface area contributed by atoms with Gasteiger partial charge in [0, 0.05) is 79.9 Å². The van der Waals surface area contributed by atoms with Crippen molar-refractivity contribution in [3.05, 3.63) is 89.4 Å². The Morgan fingerprint density at radius 3 is 1.45 bits per heavy atom. The van der Waals surface area contributed by atoms with Crippen LogP contribution in [0.5, 0.6) is 23.0 Å². The minimum Gasteiger partial charge on any atom is -0.495 e. The first-order valence-electron chi connectivity index (χ1n) is 23.2. The summed E-state index contributed by atoms with van der Waals surface area (Å²) in [5.74, 6) is 3.71. The van der Waals surface area contributed by atoms with E-state index in [2.05, 4.69) is 46.1 Å². The Labute approximate surface area is 464 Å². The molecule has 78 heavy (non-hydrogen) atoms. The summed E-state index contributed by atoms with van der Waals surface area (Å²) in [4.78, 5) is 47.1. The quantitative estimate of drug-likeness (QED) is 0.0374. The number of pyridine rings is 2. The van der Waals surface area contributed by atoms with E-state index in [1.165, 1.54) is 56.4 Å². The van der Waals surface area contributed by atoms with Crippen molar-refractivity contribution in [2.45, 2.75) is 30.8 Å². The van der Waals surface area contributed by atoms with Gasteiger partial charge in [-0.2, -0.15) is 0 Å². The van der Waals surface area contributed by atoms with Crippen molar-refractivity contribution in [2.75, 3.05) is 69.5 Å². The number of hydrogen-bond donors (Lipinski definition) is 4. The van der Waals surface area contributed by atoms with E-state index >= 15 is 0 Å². The molecule has 0 saturated heterocycles. The topological polar surface area (TPSA) is 332 Å². The zero-order valence-corrected chi connectivity index (χ0v) is 46.3. The third-order valence-electron chi connectivity index (χ3n) is 11.9. The lowest BCUT2D eigenvalue weighted by Gasteiger charge is -2.16. The van der Waals surface area contributed by atoms with Crippen LogP contribution in [0.25, 0.3) is 44.3 Å². The number of anilines is 5. The molecule has 26 nitrogen and oxygen atoms in total. The van der Waals surface area contributed by atoms with Gasteiger partial charge in [0.1, 0.15) is 46.4 Å². The fourth-order valence-corrected chi connectivity index (χ4v) is 9.48. The summed E-state index contributed by atoms with van der Waals surface area (Å²) < 4.78 is 48.1. The van der Waals surface area contributed by atoms with Crippen molar-refractivity contribution in [3.63, 3.8) is 0 Å². The lowest BCUT2D eigenvalue weighted by Crippen LogP contribution is -2.09. The summed E-state index contributed by atoms with van der Waals surface area (Å²) in [6.45, 7) is 1.42. The van der Waals surface area contributed by atoms with E-state index in [-0.39, 0.29) is 54.2 Å². The number of nitrogens with two attached hydrogens (primary N) is 1. The number of nitro groups is 2. The first kappa shape index (κ1) is 56.4. The molecule has 31 heteroatoms. The van der Waals surface area contributed by atoms with E-state index in [0.717, 1.165) is 31.9 Å². The molecule has 0 atom stereocenters. The molecule has 2 saturated carbocycles. The number of nitrogens with zero attached hydrogens (tertiary/aromatic N) is 12. The van der Waals surface area contributed by atoms with Crippen molar-refractivity contribution in [1.82, 2.24) is 49.5 Å². The second-order valence-corrected chi connectivity index (χ2v) is 21.1. The molecule has 410 valence electrons. The molecule has 0 unspecified atom stereocenters. The third kappa shape index (κ3) is 12.6. The van der Waals surface area contributed by atoms with Crippen LogP contribution in [0.1, 0.15) is 25.7 Å². The maximum absolute atomic E-state index is 12.0. The molecule has 0 spiro atoms. The Morgan fingerprint density at radius 2 is 1.06 bits per heavy atom. The highest BCUT2D eigenvalue weighted by Gasteiger charge is 2.28. The fourth-order valence-electron chi connectivity index (χ4n) is 7.59. The number of methoxy groups -OCH3 is 4. The predicted molar refractivity (Wildman–Crippen MR) is 295 cm³/mol. The van der Waals surface area contributed by atoms with Crippen LogP contribution >= 0.6 is 46.4 Å². The van der Waals surface area contributed by atoms with Crippen LogP contribution in [0.3, 0.4) is 0 Å². The maximum Gasteiger partial charge on any atom is 0.331 e. The molecular formula is C47H48Cl4N16O10S. The number of benzene rings is 2. The van der Waals surface area contributed by atoms with E-state index in [0.29, 0.717) is 104 Å². The van der Waals surface area contributed by atoms with Crippen LogP contribution in [0.4, 0.5) is 40.6 Å². The van der Waals surface area contributed by atoms with Crippen LogP contribution in [0, 0.1) is 32.1 Å². The molecular weight excluding hydrogens is 1120 g/mol. The molecule has 0 amide bonds. The Hall–Kier alpha value is -7.85. The number of sulfone groups is 1. The molecule has 2 fully saturated rings. The van der Waals surface area contributed by atoms with E-state index in [4.69, 9.17) is 81.1 Å². The summed E-state index contributed by atoms with van der Waals surface area (Å²) >= 11 is 26.4. The second kappa shape index (κ2) is 23.4. The molecule has 8 aromatic rings. The van der Waals surface area contributed by atoms with Gasteiger partial charge in [-0.1, -0.05) is 46.4 Å². The van der Waals surface area contributed by atoms with Crippen molar-refractivity contribution >= 4 is 119 Å². The molecule has 0 radical (unpaired) electrons. The summed E-state index contributed by atoms with van der Waals surface area (Å²) in [5, 5.41) is 40.8. The molecule has 10 rings (SSSR count). The largest absolute Gasteiger partial charge is 0.495 e. The fraction of sp³-hybridized carbons (Fsp3) is 0.319. The number of rotatable bonds is 17. The SMILES string of the molecule is COc1cc(OC)c(Cl)c(-c2cc3cnc(Nc4nn(C)cc4[N+](=O)[O-])nc3c(NCC3CC3)n2)c1Cl.COc1cc(OC)c(Cl)c(-c2cc3cnc(S(C)(=O)=O)nc3c(NCC3CC3)n2)c1Cl.Cn1cc([N+](=O)[O-])c(N)n1. The lowest BCUT2D eigenvalue weighted by molar-refractivity contribution is -0.384. The Kier molecular flexibility index (Phi) is 16.9. The number of aromatic nitrogens is 10. The zero-order chi connectivity index (χ0) is 56.3. The Morgan fingerprint density at radius 1 is 0.641 bits per heavy atom. The van der Waals surface area contributed by atoms with Crippen molar-refractivity contribution < 1.29 is 37.2 Å². The van der Waals surface area contributed by atoms with E-state index in [1.807, 2.05) is 0 Å². The average Bonchev–Trinajstić information content (AvgIpc) is 4.38. The molecule has 2 aliphatic carbocycles. The smallest absolute Gasteiger partial charge is 0.331 e. The maximum atomic E-state index is 12.0. The monoisotopic (exact) mass is 1170 g/mol. The predicted octanol–water partition coefficient (Wildman–Crippen LogP) is 9.37. The standard InChI is InChI=1S/C23H22Cl2N8O4.C20H20Cl2N4O4S.C4H6N4O2/c1-32-10-14(33(34)35)21(31-32)30-23-27-9-12-6-13(28-22(20(12)29-23)26-8-11-4-5-11)17-18(24)15(36-2)7-16(37-3)19(17)25;1-29-13-7-14(30-2)17(22)15(16(13)21)12-6-11-9-24-20(31(3,27)28)26-18(11)19(25-12)23-8-10-4-5-10;1-7-2-3(8(9)10)4(5)6-7/h6-7,9-11H,4-5,8H2,1-3H3,(H,26,28)(H,27,29,30,31);6-7,9-10H,4-5,8H2,1-3H3,(H,23,25);2H,1H3,(H2,5,6). The van der Waals surface area contributed by atoms with Gasteiger partial charge in [-0.25, -0.2) is 38.3 Å². The average molecular weight is 1170 g/mol. The number of nitrogens with one attached hydrogen (secondary N) is 3. The van der Waals surface area contributed by atoms with E-state index in [9.17, 15) is 28.6 Å². The molecule has 6 heterocycles. The number of hydrogen-bond acceptors (Lipinski definition) is 22. The molecule has 2 aromatic carbocycles. The highest BCUT2D eigenvalue weighted by molar-refractivity contribution is 7.90. The molecule has 0 bridgehead atoms. The molecule has 6 aromatic heterocycles. The minimum absolute atomic E-state index is 0.0333. The second-order valence-electron chi connectivity index (χ2n) is 17.7. The summed E-state index contributed by atoms with van der Waals surface area (Å²) in [5.41, 5.74) is 7.55. The number of halogens is 4. The van der Waals surface area contributed by atoms with Gasteiger partial charge < -0.3 is 40.6 Å². The molecule has 0 aliphatic heterocycles. The number of nitrogen functional groups attached to an aromatic ring is 1. The first-order valence-corrected chi connectivity index (χ1v) is 26.7. The lowest BCUT2D eigenvalue weighted by atomic mass is 10.1. The van der Waals surface area contributed by atoms with Gasteiger partial charge >= 0.3 is 11.4 Å². The van der Waals surface area contributed by atoms with Crippen molar-refractivity contribution in [3.8, 4) is 45.5 Å². The third-order valence-corrected chi connectivity index (χ3v) is 14.2. The van der Waals surface area contributed by atoms with Crippen molar-refractivity contribution in [2.24, 2.45) is 25.9 Å². The molecule has 5 N–H and O–H groups in total.